The van der Waals surface area contributed by atoms with E-state index in [4.69, 9.17) is 0 Å². The van der Waals surface area contributed by atoms with Crippen LogP contribution in [0.25, 0.3) is 0 Å². The minimum absolute atomic E-state index is 0. The fourth-order valence-corrected chi connectivity index (χ4v) is 0. The predicted octanol–water partition coefficient (Wildman–Crippen LogP) is -7.21. The van der Waals surface area contributed by atoms with Gasteiger partial charge in [0.1, 0.15) is 0 Å². The summed E-state index contributed by atoms with van der Waals surface area (Å²) in [4.78, 5) is 0. The monoisotopic (exact) mass is 652 g/mol. The Morgan fingerprint density at radius 3 is 0.0938 bits per heavy atom. The Hall–Kier alpha value is 6.40. The first-order valence-corrected chi connectivity index (χ1v) is 0. The van der Waals surface area contributed by atoms with Crippen LogP contribution in [0.4, 0.5) is 0 Å². The van der Waals surface area contributed by atoms with Crippen LogP contribution in [-0.2, 0) is 104 Å². The van der Waals surface area contributed by atoms with Crippen molar-refractivity contribution in [3.8, 4) is 0 Å². The maximum Gasteiger partial charge on any atom is 3.00 e. The molecule has 0 bridgehead atoms. The van der Waals surface area contributed by atoms with Gasteiger partial charge in [0.15, 0.2) is 0 Å². The van der Waals surface area contributed by atoms with Crippen LogP contribution < -0.4 is 0 Å². The second-order valence-corrected chi connectivity index (χ2v) is 0. The van der Waals surface area contributed by atoms with Gasteiger partial charge < -0.3 is 104 Å². The van der Waals surface area contributed by atoms with E-state index in [1.807, 2.05) is 0 Å². The van der Waals surface area contributed by atoms with E-state index in [-0.39, 0.29) is 335 Å². The summed E-state index contributed by atoms with van der Waals surface area (Å²) in [7, 11) is 0. The molecule has 0 aromatic carbocycles. The van der Waals surface area contributed by atoms with Crippen molar-refractivity contribution in [1.29, 1.82) is 0 Å². The quantitative estimate of drug-likeness (QED) is 0.220. The molecule has 0 radical (unpaired) electrons. The zero-order valence-corrected chi connectivity index (χ0v) is 30.7. The van der Waals surface area contributed by atoms with E-state index in [0.29, 0.717) is 0 Å². The van der Waals surface area contributed by atoms with Crippen LogP contribution in [-0.4, -0.2) is 231 Å². The molecular formula is Al12MgO19. The molecule has 0 saturated heterocycles. The standard InChI is InChI=1S/12Al.Mg.19O/q12*+3;+2;19*-2. The molecule has 0 rings (SSSR count). The summed E-state index contributed by atoms with van der Waals surface area (Å²) < 4.78 is 0. The van der Waals surface area contributed by atoms with Gasteiger partial charge in [0.05, 0.1) is 0 Å². The molecule has 0 aliphatic heterocycles. The Kier molecular flexibility index (Phi) is 49700. The molecule has 32 heteroatoms. The predicted molar refractivity (Wildman–Crippen MR) is 87.8 cm³/mol. The van der Waals surface area contributed by atoms with Crippen molar-refractivity contribution in [2.75, 3.05) is 0 Å². The van der Waals surface area contributed by atoms with Gasteiger partial charge in [0, 0.05) is 0 Å². The molecule has 0 atom stereocenters. The first-order chi connectivity index (χ1) is 0. The summed E-state index contributed by atoms with van der Waals surface area (Å²) in [5.41, 5.74) is 0. The first-order valence-electron chi connectivity index (χ1n) is 0. The molecule has 0 amide bonds. The van der Waals surface area contributed by atoms with Crippen LogP contribution in [0, 0.1) is 0 Å². The molecule has 0 aromatic rings. The van der Waals surface area contributed by atoms with Gasteiger partial charge in [-0.3, -0.25) is 0 Å². The van der Waals surface area contributed by atoms with Gasteiger partial charge in [0.2, 0.25) is 0 Å². The van der Waals surface area contributed by atoms with Gasteiger partial charge >= 0.3 is 231 Å². The summed E-state index contributed by atoms with van der Waals surface area (Å²) in [6, 6.07) is 0. The van der Waals surface area contributed by atoms with Crippen molar-refractivity contribution in [3.05, 3.63) is 0 Å². The minimum atomic E-state index is 0. The van der Waals surface area contributed by atoms with E-state index >= 15 is 0 Å². The zero-order valence-electron chi connectivity index (χ0n) is 15.4. The van der Waals surface area contributed by atoms with Crippen molar-refractivity contribution in [2.45, 2.75) is 0 Å². The maximum atomic E-state index is 0. The molecule has 0 spiro atoms. The Labute approximate surface area is 330 Å². The van der Waals surface area contributed by atoms with Crippen molar-refractivity contribution in [2.24, 2.45) is 0 Å². The Bertz CT molecular complexity index is 36.3. The smallest absolute Gasteiger partial charge is 2.00 e. The average Bonchev–Trinajstić information content (AvgIpc) is 0. The molecule has 0 N–H and O–H groups in total. The van der Waals surface area contributed by atoms with Crippen LogP contribution in [0.2, 0.25) is 0 Å². The summed E-state index contributed by atoms with van der Waals surface area (Å²) >= 11 is 0. The third-order valence-corrected chi connectivity index (χ3v) is 0. The Balaban J connectivity index is 0. The third-order valence-electron chi connectivity index (χ3n) is 0. The van der Waals surface area contributed by atoms with E-state index in [1.54, 1.807) is 0 Å². The van der Waals surface area contributed by atoms with Crippen molar-refractivity contribution in [3.63, 3.8) is 0 Å². The Morgan fingerprint density at radius 1 is 0.0938 bits per heavy atom. The summed E-state index contributed by atoms with van der Waals surface area (Å²) in [5.74, 6) is 0. The molecule has 152 valence electrons. The van der Waals surface area contributed by atoms with E-state index in [9.17, 15) is 0 Å². The fourth-order valence-electron chi connectivity index (χ4n) is 0. The normalized spacial score (nSPS) is 0. The second-order valence-electron chi connectivity index (χ2n) is 0. The molecule has 0 unspecified atom stereocenters. The van der Waals surface area contributed by atoms with Gasteiger partial charge in [-0.15, -0.1) is 0 Å². The molecular weight excluding hydrogens is 652 g/mol. The molecule has 0 saturated carbocycles. The number of hydrogen-bond acceptors (Lipinski definition) is 0. The molecule has 19 nitrogen and oxygen atoms in total. The van der Waals surface area contributed by atoms with E-state index in [0.717, 1.165) is 0 Å². The second kappa shape index (κ2) is 1210. The SMILES string of the molecule is [Al+3].[Al+3].[Al+3].[Al+3].[Al+3].[Al+3].[Al+3].[Al+3].[Al+3].[Al+3].[Al+3].[Al+3].[Mg+2].[O-2].[O-2].[O-2].[O-2].[O-2].[O-2].[O-2].[O-2].[O-2].[O-2].[O-2].[O-2].[O-2].[O-2].[O-2].[O-2].[O-2].[O-2].[O-2]. The molecule has 0 heterocycles. The number of hydrogen-bond donors (Lipinski definition) is 0. The third kappa shape index (κ3) is 1110. The Morgan fingerprint density at radius 2 is 0.0938 bits per heavy atom. The minimum Gasteiger partial charge on any atom is -2.00 e. The van der Waals surface area contributed by atoms with Gasteiger partial charge in [0.25, 0.3) is 0 Å². The topological polar surface area (TPSA) is 542 Å². The van der Waals surface area contributed by atoms with Crippen LogP contribution in [0.1, 0.15) is 0 Å². The molecule has 0 aliphatic carbocycles. The van der Waals surface area contributed by atoms with Crippen molar-refractivity contribution in [1.82, 2.24) is 0 Å². The maximum absolute atomic E-state index is 0. The summed E-state index contributed by atoms with van der Waals surface area (Å²) in [6.45, 7) is 0. The zero-order chi connectivity index (χ0) is 0. The molecule has 0 aromatic heterocycles. The van der Waals surface area contributed by atoms with Crippen molar-refractivity contribution >= 4 is 231 Å². The van der Waals surface area contributed by atoms with Gasteiger partial charge in [-0.2, -0.15) is 0 Å². The van der Waals surface area contributed by atoms with E-state index in [1.165, 1.54) is 0 Å². The van der Waals surface area contributed by atoms with Crippen LogP contribution in [0.15, 0.2) is 0 Å². The first kappa shape index (κ1) is 1310. The van der Waals surface area contributed by atoms with Gasteiger partial charge in [-0.05, 0) is 0 Å². The summed E-state index contributed by atoms with van der Waals surface area (Å²) in [6.07, 6.45) is 0. The average molecular weight is 652 g/mol. The molecule has 0 aliphatic rings. The largest absolute Gasteiger partial charge is 3.00 e. The van der Waals surface area contributed by atoms with Gasteiger partial charge in [-0.1, -0.05) is 0 Å². The van der Waals surface area contributed by atoms with E-state index < -0.39 is 0 Å². The fraction of sp³-hybridized carbons (Fsp3) is 0. The molecule has 0 fully saturated rings. The summed E-state index contributed by atoms with van der Waals surface area (Å²) in [5, 5.41) is 0. The van der Waals surface area contributed by atoms with Crippen LogP contribution >= 0.6 is 0 Å². The van der Waals surface area contributed by atoms with Crippen LogP contribution in [0.5, 0.6) is 0 Å². The van der Waals surface area contributed by atoms with E-state index in [2.05, 4.69) is 0 Å². The van der Waals surface area contributed by atoms with Crippen molar-refractivity contribution < 1.29 is 104 Å². The molecule has 32 heavy (non-hydrogen) atoms. The van der Waals surface area contributed by atoms with Crippen LogP contribution in [0.3, 0.4) is 0 Å². The van der Waals surface area contributed by atoms with Gasteiger partial charge in [-0.25, -0.2) is 0 Å². The number of rotatable bonds is 0.